The predicted octanol–water partition coefficient (Wildman–Crippen LogP) is 3.34. The first-order valence-electron chi connectivity index (χ1n) is 7.47. The average molecular weight is 264 g/mol. The standard InChI is InChI=1S/C16H25FN2/c1-2-3-13-5-8-19(9-6-13)16-11-14(4-7-18)10-15(17)12-16/h10-13H,2-9,18H2,1H3. The maximum Gasteiger partial charge on any atom is 0.125 e. The number of halogens is 1. The van der Waals surface area contributed by atoms with Crippen molar-refractivity contribution in [3.8, 4) is 0 Å². The van der Waals surface area contributed by atoms with Crippen molar-refractivity contribution in [3.63, 3.8) is 0 Å². The van der Waals surface area contributed by atoms with Crippen LogP contribution in [0.25, 0.3) is 0 Å². The lowest BCUT2D eigenvalue weighted by Crippen LogP contribution is -2.33. The zero-order valence-electron chi connectivity index (χ0n) is 11.9. The molecule has 0 unspecified atom stereocenters. The lowest BCUT2D eigenvalue weighted by Gasteiger charge is -2.33. The Morgan fingerprint density at radius 3 is 2.63 bits per heavy atom. The fourth-order valence-electron chi connectivity index (χ4n) is 3.01. The smallest absolute Gasteiger partial charge is 0.125 e. The van der Waals surface area contributed by atoms with Gasteiger partial charge in [-0.1, -0.05) is 19.8 Å². The number of rotatable bonds is 5. The van der Waals surface area contributed by atoms with Crippen molar-refractivity contribution >= 4 is 5.69 Å². The molecule has 2 N–H and O–H groups in total. The highest BCUT2D eigenvalue weighted by molar-refractivity contribution is 5.49. The van der Waals surface area contributed by atoms with Crippen LogP contribution in [0, 0.1) is 11.7 Å². The summed E-state index contributed by atoms with van der Waals surface area (Å²) in [6, 6.07) is 5.34. The van der Waals surface area contributed by atoms with Gasteiger partial charge in [-0.2, -0.15) is 0 Å². The summed E-state index contributed by atoms with van der Waals surface area (Å²) in [6.45, 7) is 4.92. The second-order valence-electron chi connectivity index (χ2n) is 5.58. The summed E-state index contributed by atoms with van der Waals surface area (Å²) in [5.74, 6) is 0.718. The van der Waals surface area contributed by atoms with Crippen molar-refractivity contribution in [2.45, 2.75) is 39.0 Å². The Labute approximate surface area is 115 Å². The first kappa shape index (κ1) is 14.3. The number of anilines is 1. The summed E-state index contributed by atoms with van der Waals surface area (Å²) in [7, 11) is 0. The lowest BCUT2D eigenvalue weighted by atomic mass is 9.92. The van der Waals surface area contributed by atoms with Gasteiger partial charge in [0.25, 0.3) is 0 Å². The van der Waals surface area contributed by atoms with E-state index in [1.165, 1.54) is 25.7 Å². The van der Waals surface area contributed by atoms with Gasteiger partial charge in [0.1, 0.15) is 5.82 Å². The van der Waals surface area contributed by atoms with Gasteiger partial charge in [0.2, 0.25) is 0 Å². The molecule has 1 heterocycles. The van der Waals surface area contributed by atoms with Gasteiger partial charge in [0.05, 0.1) is 0 Å². The molecule has 2 nitrogen and oxygen atoms in total. The van der Waals surface area contributed by atoms with E-state index in [0.29, 0.717) is 6.54 Å². The highest BCUT2D eigenvalue weighted by Crippen LogP contribution is 2.27. The van der Waals surface area contributed by atoms with Crippen LogP contribution < -0.4 is 10.6 Å². The van der Waals surface area contributed by atoms with E-state index in [2.05, 4.69) is 17.9 Å². The normalized spacial score (nSPS) is 16.9. The fourth-order valence-corrected chi connectivity index (χ4v) is 3.01. The molecule has 106 valence electrons. The van der Waals surface area contributed by atoms with Gasteiger partial charge in [-0.3, -0.25) is 0 Å². The van der Waals surface area contributed by atoms with Crippen LogP contribution in [0.4, 0.5) is 10.1 Å². The van der Waals surface area contributed by atoms with E-state index in [1.807, 2.05) is 0 Å². The second kappa shape index (κ2) is 6.90. The summed E-state index contributed by atoms with van der Waals surface area (Å²) < 4.78 is 13.6. The highest BCUT2D eigenvalue weighted by atomic mass is 19.1. The zero-order valence-corrected chi connectivity index (χ0v) is 11.9. The summed E-state index contributed by atoms with van der Waals surface area (Å²) in [5.41, 5.74) is 7.59. The quantitative estimate of drug-likeness (QED) is 0.883. The Morgan fingerprint density at radius 2 is 2.00 bits per heavy atom. The molecule has 0 amide bonds. The summed E-state index contributed by atoms with van der Waals surface area (Å²) in [4.78, 5) is 2.31. The number of hydrogen-bond donors (Lipinski definition) is 1. The second-order valence-corrected chi connectivity index (χ2v) is 5.58. The van der Waals surface area contributed by atoms with E-state index < -0.39 is 0 Å². The Hall–Kier alpha value is -1.09. The largest absolute Gasteiger partial charge is 0.371 e. The number of nitrogens with zero attached hydrogens (tertiary/aromatic N) is 1. The van der Waals surface area contributed by atoms with Gasteiger partial charge < -0.3 is 10.6 Å². The molecule has 1 aliphatic heterocycles. The molecule has 0 aliphatic carbocycles. The predicted molar refractivity (Wildman–Crippen MR) is 79.0 cm³/mol. The molecule has 1 saturated heterocycles. The van der Waals surface area contributed by atoms with Crippen molar-refractivity contribution in [3.05, 3.63) is 29.6 Å². The Kier molecular flexibility index (Phi) is 5.20. The van der Waals surface area contributed by atoms with Crippen LogP contribution in [-0.4, -0.2) is 19.6 Å². The molecule has 0 atom stereocenters. The van der Waals surface area contributed by atoms with Gasteiger partial charge in [-0.15, -0.1) is 0 Å². The SMILES string of the molecule is CCCC1CCN(c2cc(F)cc(CCN)c2)CC1. The van der Waals surface area contributed by atoms with Gasteiger partial charge in [0.15, 0.2) is 0 Å². The van der Waals surface area contributed by atoms with Crippen LogP contribution in [0.1, 0.15) is 38.2 Å². The molecule has 0 spiro atoms. The van der Waals surface area contributed by atoms with Crippen LogP contribution >= 0.6 is 0 Å². The molecule has 0 radical (unpaired) electrons. The third-order valence-electron chi connectivity index (χ3n) is 4.05. The fraction of sp³-hybridized carbons (Fsp3) is 0.625. The van der Waals surface area contributed by atoms with E-state index in [-0.39, 0.29) is 5.82 Å². The van der Waals surface area contributed by atoms with Gasteiger partial charge in [0, 0.05) is 18.8 Å². The molecule has 19 heavy (non-hydrogen) atoms. The van der Waals surface area contributed by atoms with Crippen molar-refractivity contribution in [1.29, 1.82) is 0 Å². The van der Waals surface area contributed by atoms with Crippen LogP contribution in [0.15, 0.2) is 18.2 Å². The Bertz CT molecular complexity index is 398. The number of piperidine rings is 1. The zero-order chi connectivity index (χ0) is 13.7. The first-order valence-corrected chi connectivity index (χ1v) is 7.47. The van der Waals surface area contributed by atoms with E-state index in [1.54, 1.807) is 12.1 Å². The Morgan fingerprint density at radius 1 is 1.26 bits per heavy atom. The molecule has 3 heteroatoms. The molecule has 1 aromatic rings. The minimum atomic E-state index is -0.142. The topological polar surface area (TPSA) is 29.3 Å². The summed E-state index contributed by atoms with van der Waals surface area (Å²) in [5, 5.41) is 0. The molecule has 0 aromatic heterocycles. The minimum absolute atomic E-state index is 0.142. The van der Waals surface area contributed by atoms with Crippen LogP contribution in [0.5, 0.6) is 0 Å². The monoisotopic (exact) mass is 264 g/mol. The molecule has 0 bridgehead atoms. The molecular formula is C16H25FN2. The highest BCUT2D eigenvalue weighted by Gasteiger charge is 2.19. The van der Waals surface area contributed by atoms with Crippen LogP contribution in [0.2, 0.25) is 0 Å². The maximum atomic E-state index is 13.6. The number of hydrogen-bond acceptors (Lipinski definition) is 2. The van der Waals surface area contributed by atoms with Crippen molar-refractivity contribution < 1.29 is 4.39 Å². The molecule has 1 aliphatic rings. The van der Waals surface area contributed by atoms with Gasteiger partial charge in [-0.05, 0) is 55.5 Å². The number of nitrogens with two attached hydrogens (primary N) is 1. The minimum Gasteiger partial charge on any atom is -0.371 e. The first-order chi connectivity index (χ1) is 9.22. The van der Waals surface area contributed by atoms with E-state index >= 15 is 0 Å². The van der Waals surface area contributed by atoms with Gasteiger partial charge in [-0.25, -0.2) is 4.39 Å². The number of benzene rings is 1. The third-order valence-corrected chi connectivity index (χ3v) is 4.05. The van der Waals surface area contributed by atoms with E-state index in [4.69, 9.17) is 5.73 Å². The van der Waals surface area contributed by atoms with E-state index in [0.717, 1.165) is 36.7 Å². The van der Waals surface area contributed by atoms with Crippen LogP contribution in [-0.2, 0) is 6.42 Å². The van der Waals surface area contributed by atoms with Crippen molar-refractivity contribution in [2.24, 2.45) is 11.7 Å². The van der Waals surface area contributed by atoms with Gasteiger partial charge >= 0.3 is 0 Å². The van der Waals surface area contributed by atoms with Crippen molar-refractivity contribution in [1.82, 2.24) is 0 Å². The molecule has 0 saturated carbocycles. The lowest BCUT2D eigenvalue weighted by molar-refractivity contribution is 0.378. The molecule has 2 rings (SSSR count). The van der Waals surface area contributed by atoms with Crippen molar-refractivity contribution in [2.75, 3.05) is 24.5 Å². The molecular weight excluding hydrogens is 239 g/mol. The maximum absolute atomic E-state index is 13.6. The summed E-state index contributed by atoms with van der Waals surface area (Å²) >= 11 is 0. The third kappa shape index (κ3) is 3.93. The van der Waals surface area contributed by atoms with E-state index in [9.17, 15) is 4.39 Å². The Balaban J connectivity index is 2.02. The van der Waals surface area contributed by atoms with Crippen LogP contribution in [0.3, 0.4) is 0 Å². The average Bonchev–Trinajstić information content (AvgIpc) is 2.40. The molecule has 1 fully saturated rings. The molecule has 1 aromatic carbocycles. The summed E-state index contributed by atoms with van der Waals surface area (Å²) in [6.07, 6.45) is 5.81.